The zero-order valence-corrected chi connectivity index (χ0v) is 20.7. The number of hydrogen-bond acceptors (Lipinski definition) is 8. The van der Waals surface area contributed by atoms with Crippen molar-refractivity contribution in [2.24, 2.45) is 11.8 Å². The van der Waals surface area contributed by atoms with Crippen molar-refractivity contribution in [3.8, 4) is 0 Å². The van der Waals surface area contributed by atoms with Crippen LogP contribution in [0.1, 0.15) is 25.8 Å². The van der Waals surface area contributed by atoms with E-state index in [0.29, 0.717) is 18.1 Å². The van der Waals surface area contributed by atoms with Crippen LogP contribution in [0.15, 0.2) is 40.7 Å². The van der Waals surface area contributed by atoms with Gasteiger partial charge in [-0.2, -0.15) is 8.42 Å². The van der Waals surface area contributed by atoms with Gasteiger partial charge in [-0.05, 0) is 31.4 Å². The summed E-state index contributed by atoms with van der Waals surface area (Å²) in [6.45, 7) is 5.58. The maximum atomic E-state index is 13.4. The standard InChI is InChI=1S/C22H29N3O6S2/c1-14(2)19(21(27)28)24(4)20(26)17-9-11-25(22-23-10-12-32-22)18(17)13-31-33(29,30)16-7-5-15(3)6-8-16/h5-8,10,12,14,17-19H,9,11,13H2,1-4H3,(H,27,28)/t17-,18+,19-/m0/s1. The van der Waals surface area contributed by atoms with E-state index in [-0.39, 0.29) is 23.3 Å². The molecule has 3 rings (SSSR count). The highest BCUT2D eigenvalue weighted by Crippen LogP contribution is 2.33. The quantitative estimate of drug-likeness (QED) is 0.528. The molecule has 0 radical (unpaired) electrons. The van der Waals surface area contributed by atoms with Crippen molar-refractivity contribution in [2.75, 3.05) is 25.1 Å². The third kappa shape index (κ3) is 5.53. The second-order valence-electron chi connectivity index (χ2n) is 8.50. The highest BCUT2D eigenvalue weighted by Gasteiger charge is 2.44. The number of rotatable bonds is 9. The topological polar surface area (TPSA) is 117 Å². The number of carboxylic acid groups (broad SMARTS) is 1. The molecular formula is C22H29N3O6S2. The molecule has 1 aromatic carbocycles. The summed E-state index contributed by atoms with van der Waals surface area (Å²) in [6, 6.07) is 4.75. The number of carbonyl (C=O) groups is 2. The lowest BCUT2D eigenvalue weighted by atomic mass is 9.96. The first kappa shape index (κ1) is 25.1. The SMILES string of the molecule is Cc1ccc(S(=O)(=O)OC[C@@H]2[C@@H](C(=O)N(C)[C@H](C(=O)O)C(C)C)CCN2c2nccs2)cc1. The minimum absolute atomic E-state index is 0.0395. The van der Waals surface area contributed by atoms with Crippen molar-refractivity contribution in [3.05, 3.63) is 41.4 Å². The molecule has 1 aromatic heterocycles. The van der Waals surface area contributed by atoms with Crippen LogP contribution in [0.4, 0.5) is 5.13 Å². The van der Waals surface area contributed by atoms with E-state index in [2.05, 4.69) is 4.98 Å². The Morgan fingerprint density at radius 3 is 2.52 bits per heavy atom. The maximum Gasteiger partial charge on any atom is 0.326 e. The van der Waals surface area contributed by atoms with Gasteiger partial charge < -0.3 is 14.9 Å². The number of carbonyl (C=O) groups excluding carboxylic acids is 1. The van der Waals surface area contributed by atoms with Crippen LogP contribution in [-0.4, -0.2) is 67.6 Å². The molecule has 11 heteroatoms. The van der Waals surface area contributed by atoms with Gasteiger partial charge in [0.05, 0.1) is 23.5 Å². The molecule has 0 unspecified atom stereocenters. The van der Waals surface area contributed by atoms with Crippen LogP contribution in [0.2, 0.25) is 0 Å². The predicted molar refractivity (Wildman–Crippen MR) is 125 cm³/mol. The Morgan fingerprint density at radius 2 is 1.97 bits per heavy atom. The number of carboxylic acids is 1. The average molecular weight is 496 g/mol. The summed E-state index contributed by atoms with van der Waals surface area (Å²) >= 11 is 1.38. The first-order chi connectivity index (χ1) is 15.5. The Balaban J connectivity index is 1.85. The molecular weight excluding hydrogens is 466 g/mol. The molecule has 1 N–H and O–H groups in total. The minimum atomic E-state index is -4.03. The number of aryl methyl sites for hydroxylation is 1. The number of benzene rings is 1. The normalized spacial score (nSPS) is 19.6. The molecule has 1 fully saturated rings. The number of aliphatic carboxylic acids is 1. The molecule has 0 bridgehead atoms. The number of nitrogens with zero attached hydrogens (tertiary/aromatic N) is 3. The molecule has 1 aliphatic rings. The van der Waals surface area contributed by atoms with Gasteiger partial charge in [-0.15, -0.1) is 11.3 Å². The van der Waals surface area contributed by atoms with Crippen LogP contribution in [0.3, 0.4) is 0 Å². The molecule has 0 spiro atoms. The Kier molecular flexibility index (Phi) is 7.76. The number of anilines is 1. The van der Waals surface area contributed by atoms with Gasteiger partial charge in [-0.3, -0.25) is 8.98 Å². The largest absolute Gasteiger partial charge is 0.480 e. The highest BCUT2D eigenvalue weighted by molar-refractivity contribution is 7.86. The van der Waals surface area contributed by atoms with Crippen molar-refractivity contribution in [3.63, 3.8) is 0 Å². The Bertz CT molecular complexity index is 1070. The average Bonchev–Trinajstić information content (AvgIpc) is 3.41. The van der Waals surface area contributed by atoms with E-state index in [1.54, 1.807) is 37.6 Å². The van der Waals surface area contributed by atoms with Crippen molar-refractivity contribution in [2.45, 2.75) is 44.2 Å². The molecule has 1 amide bonds. The second-order valence-corrected chi connectivity index (χ2v) is 11.0. The zero-order chi connectivity index (χ0) is 24.3. The van der Waals surface area contributed by atoms with E-state index < -0.39 is 34.1 Å². The number of likely N-dealkylation sites (N-methyl/N-ethyl adjacent to an activating group) is 1. The van der Waals surface area contributed by atoms with Crippen molar-refractivity contribution < 1.29 is 27.3 Å². The van der Waals surface area contributed by atoms with Crippen LogP contribution < -0.4 is 4.90 Å². The second kappa shape index (κ2) is 10.2. The maximum absolute atomic E-state index is 13.4. The van der Waals surface area contributed by atoms with E-state index in [4.69, 9.17) is 4.18 Å². The van der Waals surface area contributed by atoms with E-state index >= 15 is 0 Å². The molecule has 2 heterocycles. The van der Waals surface area contributed by atoms with Gasteiger partial charge in [0.25, 0.3) is 10.1 Å². The smallest absolute Gasteiger partial charge is 0.326 e. The van der Waals surface area contributed by atoms with Crippen molar-refractivity contribution >= 4 is 38.5 Å². The molecule has 180 valence electrons. The molecule has 3 atom stereocenters. The molecule has 9 nitrogen and oxygen atoms in total. The van der Waals surface area contributed by atoms with Gasteiger partial charge in [0.2, 0.25) is 5.91 Å². The van der Waals surface area contributed by atoms with Crippen molar-refractivity contribution in [1.29, 1.82) is 0 Å². The number of aromatic nitrogens is 1. The third-order valence-corrected chi connectivity index (χ3v) is 7.99. The van der Waals surface area contributed by atoms with E-state index in [1.165, 1.54) is 35.4 Å². The third-order valence-electron chi connectivity index (χ3n) is 5.88. The van der Waals surface area contributed by atoms with Crippen molar-refractivity contribution in [1.82, 2.24) is 9.88 Å². The van der Waals surface area contributed by atoms with Gasteiger partial charge in [0, 0.05) is 25.2 Å². The van der Waals surface area contributed by atoms with Crippen LogP contribution >= 0.6 is 11.3 Å². The monoisotopic (exact) mass is 495 g/mol. The van der Waals surface area contributed by atoms with Gasteiger partial charge in [-0.25, -0.2) is 9.78 Å². The highest BCUT2D eigenvalue weighted by atomic mass is 32.2. The summed E-state index contributed by atoms with van der Waals surface area (Å²) in [4.78, 5) is 32.6. The van der Waals surface area contributed by atoms with Gasteiger partial charge in [0.15, 0.2) is 5.13 Å². The number of amides is 1. The lowest BCUT2D eigenvalue weighted by Gasteiger charge is -2.33. The van der Waals surface area contributed by atoms with E-state index in [0.717, 1.165) is 5.56 Å². The first-order valence-electron chi connectivity index (χ1n) is 10.6. The van der Waals surface area contributed by atoms with Crippen LogP contribution in [0.25, 0.3) is 0 Å². The summed E-state index contributed by atoms with van der Waals surface area (Å²) in [5.41, 5.74) is 0.923. The van der Waals surface area contributed by atoms with Gasteiger partial charge >= 0.3 is 5.97 Å². The summed E-state index contributed by atoms with van der Waals surface area (Å²) < 4.78 is 30.9. The summed E-state index contributed by atoms with van der Waals surface area (Å²) in [6.07, 6.45) is 2.08. The summed E-state index contributed by atoms with van der Waals surface area (Å²) in [5.74, 6) is -2.35. The fraction of sp³-hybridized carbons (Fsp3) is 0.500. The minimum Gasteiger partial charge on any atom is -0.480 e. The Morgan fingerprint density at radius 1 is 1.30 bits per heavy atom. The molecule has 33 heavy (non-hydrogen) atoms. The van der Waals surface area contributed by atoms with Crippen LogP contribution in [-0.2, 0) is 23.9 Å². The molecule has 1 saturated heterocycles. The fourth-order valence-electron chi connectivity index (χ4n) is 4.17. The van der Waals surface area contributed by atoms with Gasteiger partial charge in [-0.1, -0.05) is 31.5 Å². The number of thiazole rings is 1. The predicted octanol–water partition coefficient (Wildman–Crippen LogP) is 2.62. The van der Waals surface area contributed by atoms with Gasteiger partial charge in [0.1, 0.15) is 6.04 Å². The van der Waals surface area contributed by atoms with Crippen LogP contribution in [0, 0.1) is 18.8 Å². The molecule has 0 saturated carbocycles. The molecule has 0 aliphatic carbocycles. The lowest BCUT2D eigenvalue weighted by Crippen LogP contribution is -2.51. The first-order valence-corrected chi connectivity index (χ1v) is 12.9. The van der Waals surface area contributed by atoms with E-state index in [1.807, 2.05) is 11.8 Å². The summed E-state index contributed by atoms with van der Waals surface area (Å²) in [5, 5.41) is 12.1. The fourth-order valence-corrected chi connectivity index (χ4v) is 5.82. The van der Waals surface area contributed by atoms with Crippen LogP contribution in [0.5, 0.6) is 0 Å². The lowest BCUT2D eigenvalue weighted by molar-refractivity contribution is -0.152. The summed E-state index contributed by atoms with van der Waals surface area (Å²) in [7, 11) is -2.55. The molecule has 1 aliphatic heterocycles. The van der Waals surface area contributed by atoms with E-state index in [9.17, 15) is 23.1 Å². The Hall–Kier alpha value is -2.50. The Labute approximate surface area is 198 Å². The number of hydrogen-bond donors (Lipinski definition) is 1. The molecule has 2 aromatic rings. The zero-order valence-electron chi connectivity index (χ0n) is 19.0.